The van der Waals surface area contributed by atoms with Crippen LogP contribution < -0.4 is 5.32 Å². The zero-order valence-electron chi connectivity index (χ0n) is 11.3. The van der Waals surface area contributed by atoms with E-state index in [2.05, 4.69) is 5.32 Å². The Morgan fingerprint density at radius 1 is 1.25 bits per heavy atom. The molecule has 1 aromatic rings. The molecule has 1 heterocycles. The van der Waals surface area contributed by atoms with Crippen LogP contribution in [0.4, 0.5) is 17.6 Å². The molecular formula is C14H18F4N2. The van der Waals surface area contributed by atoms with Crippen molar-refractivity contribution in [1.82, 2.24) is 10.2 Å². The summed E-state index contributed by atoms with van der Waals surface area (Å²) in [6.45, 7) is 2.85. The summed E-state index contributed by atoms with van der Waals surface area (Å²) >= 11 is 0. The second kappa shape index (κ2) is 6.10. The molecule has 1 fully saturated rings. The minimum atomic E-state index is -4.20. The van der Waals surface area contributed by atoms with Crippen molar-refractivity contribution in [2.75, 3.05) is 26.2 Å². The lowest BCUT2D eigenvalue weighted by Gasteiger charge is -2.30. The Bertz CT molecular complexity index is 430. The summed E-state index contributed by atoms with van der Waals surface area (Å²) in [5.41, 5.74) is 0.828. The number of benzene rings is 1. The van der Waals surface area contributed by atoms with Crippen LogP contribution in [0.2, 0.25) is 0 Å². The zero-order chi connectivity index (χ0) is 14.8. The van der Waals surface area contributed by atoms with Crippen LogP contribution in [0.1, 0.15) is 18.5 Å². The first-order valence-electron chi connectivity index (χ1n) is 6.65. The van der Waals surface area contributed by atoms with E-state index in [9.17, 15) is 17.6 Å². The van der Waals surface area contributed by atoms with E-state index in [-0.39, 0.29) is 24.9 Å². The first kappa shape index (κ1) is 15.3. The second-order valence-corrected chi connectivity index (χ2v) is 5.17. The predicted octanol–water partition coefficient (Wildman–Crippen LogP) is 2.97. The first-order valence-corrected chi connectivity index (χ1v) is 6.65. The van der Waals surface area contributed by atoms with Crippen LogP contribution in [0.3, 0.4) is 0 Å². The summed E-state index contributed by atoms with van der Waals surface area (Å²) in [5, 5.41) is 2.83. The van der Waals surface area contributed by atoms with Gasteiger partial charge in [-0.2, -0.15) is 13.2 Å². The van der Waals surface area contributed by atoms with Crippen molar-refractivity contribution in [3.05, 3.63) is 35.6 Å². The van der Waals surface area contributed by atoms with Crippen molar-refractivity contribution >= 4 is 0 Å². The topological polar surface area (TPSA) is 15.3 Å². The highest BCUT2D eigenvalue weighted by molar-refractivity contribution is 5.19. The molecule has 1 aromatic carbocycles. The van der Waals surface area contributed by atoms with Crippen molar-refractivity contribution < 1.29 is 17.6 Å². The van der Waals surface area contributed by atoms with Crippen LogP contribution in [0.25, 0.3) is 0 Å². The van der Waals surface area contributed by atoms with Gasteiger partial charge in [-0.15, -0.1) is 0 Å². The number of hydrogen-bond acceptors (Lipinski definition) is 2. The molecule has 0 amide bonds. The number of alkyl halides is 3. The molecule has 1 aliphatic rings. The second-order valence-electron chi connectivity index (χ2n) is 5.17. The molecule has 0 bridgehead atoms. The van der Waals surface area contributed by atoms with Crippen molar-refractivity contribution in [2.24, 2.45) is 5.92 Å². The highest BCUT2D eigenvalue weighted by Crippen LogP contribution is 2.30. The maximum atomic E-state index is 12.9. The van der Waals surface area contributed by atoms with Gasteiger partial charge in [0.1, 0.15) is 5.82 Å². The molecule has 2 unspecified atom stereocenters. The minimum absolute atomic E-state index is 0.0327. The van der Waals surface area contributed by atoms with Crippen molar-refractivity contribution in [1.29, 1.82) is 0 Å². The molecule has 1 aliphatic heterocycles. The fourth-order valence-corrected chi connectivity index (χ4v) is 2.46. The maximum absolute atomic E-state index is 12.9. The number of nitrogens with one attached hydrogen (secondary N) is 1. The lowest BCUT2D eigenvalue weighted by atomic mass is 10.0. The van der Waals surface area contributed by atoms with Gasteiger partial charge < -0.3 is 5.32 Å². The van der Waals surface area contributed by atoms with Gasteiger partial charge in [-0.1, -0.05) is 12.1 Å². The average molecular weight is 290 g/mol. The summed E-state index contributed by atoms with van der Waals surface area (Å²) in [5.74, 6) is -1.71. The summed E-state index contributed by atoms with van der Waals surface area (Å²) in [6, 6.07) is 5.76. The third-order valence-corrected chi connectivity index (χ3v) is 3.78. The predicted molar refractivity (Wildman–Crippen MR) is 68.8 cm³/mol. The minimum Gasteiger partial charge on any atom is -0.315 e. The van der Waals surface area contributed by atoms with E-state index in [0.29, 0.717) is 13.1 Å². The third-order valence-electron chi connectivity index (χ3n) is 3.78. The van der Waals surface area contributed by atoms with Crippen molar-refractivity contribution in [2.45, 2.75) is 19.1 Å². The monoisotopic (exact) mass is 290 g/mol. The molecular weight excluding hydrogens is 272 g/mol. The molecule has 112 valence electrons. The molecule has 0 aliphatic carbocycles. The first-order chi connectivity index (χ1) is 9.38. The maximum Gasteiger partial charge on any atom is 0.394 e. The Hall–Kier alpha value is -1.14. The molecule has 0 radical (unpaired) electrons. The summed E-state index contributed by atoms with van der Waals surface area (Å²) < 4.78 is 51.6. The molecule has 0 aromatic heterocycles. The fraction of sp³-hybridized carbons (Fsp3) is 0.571. The number of hydrogen-bond donors (Lipinski definition) is 1. The molecule has 0 spiro atoms. The normalized spacial score (nSPS) is 23.4. The molecule has 1 saturated heterocycles. The standard InChI is InChI=1S/C14H18F4N2/c1-10(11-2-4-13(15)5-3-11)20-7-6-19-8-12(9-20)14(16,17)18/h2-5,10,12,19H,6-9H2,1H3. The van der Waals surface area contributed by atoms with Gasteiger partial charge in [-0.3, -0.25) is 4.90 Å². The van der Waals surface area contributed by atoms with E-state index in [4.69, 9.17) is 0 Å². The van der Waals surface area contributed by atoms with E-state index in [1.54, 1.807) is 17.0 Å². The molecule has 2 atom stereocenters. The molecule has 0 saturated carbocycles. The van der Waals surface area contributed by atoms with Crippen molar-refractivity contribution in [3.63, 3.8) is 0 Å². The fourth-order valence-electron chi connectivity index (χ4n) is 2.46. The Labute approximate surface area is 115 Å². The summed E-state index contributed by atoms with van der Waals surface area (Å²) in [4.78, 5) is 1.80. The van der Waals surface area contributed by atoms with Gasteiger partial charge >= 0.3 is 6.18 Å². The number of nitrogens with zero attached hydrogens (tertiary/aromatic N) is 1. The highest BCUT2D eigenvalue weighted by atomic mass is 19.4. The van der Waals surface area contributed by atoms with E-state index in [0.717, 1.165) is 5.56 Å². The average Bonchev–Trinajstić information content (AvgIpc) is 2.64. The molecule has 6 heteroatoms. The van der Waals surface area contributed by atoms with Crippen molar-refractivity contribution in [3.8, 4) is 0 Å². The smallest absolute Gasteiger partial charge is 0.315 e. The van der Waals surface area contributed by atoms with Crippen LogP contribution >= 0.6 is 0 Å². The number of rotatable bonds is 2. The van der Waals surface area contributed by atoms with E-state index in [1.165, 1.54) is 12.1 Å². The van der Waals surface area contributed by atoms with Crippen LogP contribution in [0.15, 0.2) is 24.3 Å². The van der Waals surface area contributed by atoms with Gasteiger partial charge in [0, 0.05) is 32.2 Å². The molecule has 20 heavy (non-hydrogen) atoms. The van der Waals surface area contributed by atoms with Crippen LogP contribution in [0, 0.1) is 11.7 Å². The largest absolute Gasteiger partial charge is 0.394 e. The lowest BCUT2D eigenvalue weighted by Crippen LogP contribution is -2.39. The number of halogens is 4. The van der Waals surface area contributed by atoms with Gasteiger partial charge in [-0.05, 0) is 24.6 Å². The van der Waals surface area contributed by atoms with Crippen LogP contribution in [-0.4, -0.2) is 37.3 Å². The summed E-state index contributed by atoms with van der Waals surface area (Å²) in [6.07, 6.45) is -4.20. The Balaban J connectivity index is 2.11. The Morgan fingerprint density at radius 2 is 1.90 bits per heavy atom. The van der Waals surface area contributed by atoms with E-state index in [1.807, 2.05) is 6.92 Å². The van der Waals surface area contributed by atoms with Gasteiger partial charge in [0.2, 0.25) is 0 Å². The van der Waals surface area contributed by atoms with E-state index < -0.39 is 12.1 Å². The van der Waals surface area contributed by atoms with Crippen LogP contribution in [-0.2, 0) is 0 Å². The molecule has 2 nitrogen and oxygen atoms in total. The van der Waals surface area contributed by atoms with E-state index >= 15 is 0 Å². The zero-order valence-corrected chi connectivity index (χ0v) is 11.3. The quantitative estimate of drug-likeness (QED) is 0.842. The SMILES string of the molecule is CC(c1ccc(F)cc1)N1CCNCC(C(F)(F)F)C1. The van der Waals surface area contributed by atoms with Gasteiger partial charge in [0.25, 0.3) is 0 Å². The highest BCUT2D eigenvalue weighted by Gasteiger charge is 2.41. The van der Waals surface area contributed by atoms with Gasteiger partial charge in [-0.25, -0.2) is 4.39 Å². The summed E-state index contributed by atoms with van der Waals surface area (Å²) in [7, 11) is 0. The third kappa shape index (κ3) is 3.70. The molecule has 1 N–H and O–H groups in total. The lowest BCUT2D eigenvalue weighted by molar-refractivity contribution is -0.176. The van der Waals surface area contributed by atoms with Gasteiger partial charge in [0.15, 0.2) is 0 Å². The Kier molecular flexibility index (Phi) is 4.65. The van der Waals surface area contributed by atoms with Gasteiger partial charge in [0.05, 0.1) is 5.92 Å². The van der Waals surface area contributed by atoms with Crippen LogP contribution in [0.5, 0.6) is 0 Å². The Morgan fingerprint density at radius 3 is 2.50 bits per heavy atom. The molecule has 2 rings (SSSR count).